The lowest BCUT2D eigenvalue weighted by Crippen LogP contribution is -2.47. The lowest BCUT2D eigenvalue weighted by molar-refractivity contribution is -0.160. The maximum atomic E-state index is 14.1. The molecule has 3 aromatic rings. The highest BCUT2D eigenvalue weighted by Gasteiger charge is 2.63. The summed E-state index contributed by atoms with van der Waals surface area (Å²) in [5.74, 6) is -3.63. The molecule has 1 N–H and O–H groups in total. The first-order valence-electron chi connectivity index (χ1n) is 13.7. The first kappa shape index (κ1) is 26.3. The van der Waals surface area contributed by atoms with Crippen LogP contribution >= 0.6 is 11.6 Å². The third-order valence-corrected chi connectivity index (χ3v) is 8.59. The van der Waals surface area contributed by atoms with Crippen molar-refractivity contribution in [1.29, 1.82) is 0 Å². The topological polar surface area (TPSA) is 92.8 Å². The summed E-state index contributed by atoms with van der Waals surface area (Å²) in [5, 5.41) is 3.10. The normalized spacial score (nSPS) is 22.8. The van der Waals surface area contributed by atoms with Crippen molar-refractivity contribution in [3.63, 3.8) is 0 Å². The molecule has 0 aromatic heterocycles. The van der Waals surface area contributed by atoms with Crippen molar-refractivity contribution in [2.75, 3.05) is 11.9 Å². The average molecular weight is 557 g/mol. The molecule has 0 spiro atoms. The molecule has 0 saturated carbocycles. The quantitative estimate of drug-likeness (QED) is 0.301. The fourth-order valence-electron chi connectivity index (χ4n) is 6.75. The van der Waals surface area contributed by atoms with E-state index in [4.69, 9.17) is 16.3 Å². The summed E-state index contributed by atoms with van der Waals surface area (Å²) in [6.07, 6.45) is 1.66. The fourth-order valence-corrected chi connectivity index (χ4v) is 6.94. The van der Waals surface area contributed by atoms with Crippen LogP contribution in [-0.2, 0) is 23.9 Å². The minimum atomic E-state index is -1.09. The maximum absolute atomic E-state index is 14.1. The zero-order valence-corrected chi connectivity index (χ0v) is 22.8. The molecule has 4 aliphatic rings. The molecule has 0 unspecified atom stereocenters. The largest absolute Gasteiger partial charge is 0.454 e. The third kappa shape index (κ3) is 4.29. The predicted octanol–water partition coefficient (Wildman–Crippen LogP) is 5.27. The van der Waals surface area contributed by atoms with Gasteiger partial charge in [0.05, 0.1) is 11.8 Å². The Kier molecular flexibility index (Phi) is 6.92. The van der Waals surface area contributed by atoms with Crippen molar-refractivity contribution in [1.82, 2.24) is 4.90 Å². The number of likely N-dealkylation sites (tertiary alicyclic amines) is 1. The van der Waals surface area contributed by atoms with Gasteiger partial charge >= 0.3 is 5.97 Å². The molecule has 3 aliphatic carbocycles. The molecule has 8 heteroatoms. The van der Waals surface area contributed by atoms with Crippen molar-refractivity contribution >= 4 is 41.0 Å². The molecule has 1 fully saturated rings. The Morgan fingerprint density at radius 1 is 0.875 bits per heavy atom. The van der Waals surface area contributed by atoms with Gasteiger partial charge in [0.25, 0.3) is 5.91 Å². The number of ether oxygens (including phenoxy) is 1. The lowest BCUT2D eigenvalue weighted by atomic mass is 9.55. The number of amides is 3. The monoisotopic (exact) mass is 556 g/mol. The van der Waals surface area contributed by atoms with E-state index >= 15 is 0 Å². The Labute approximate surface area is 237 Å². The Morgan fingerprint density at radius 3 is 1.93 bits per heavy atom. The molecule has 7 rings (SSSR count). The average Bonchev–Trinajstić information content (AvgIpc) is 3.22. The van der Waals surface area contributed by atoms with Crippen LogP contribution in [0.2, 0.25) is 5.02 Å². The highest BCUT2D eigenvalue weighted by atomic mass is 35.5. The first-order chi connectivity index (χ1) is 19.4. The number of hydrogen-bond donors (Lipinski definition) is 1. The number of carbonyl (C=O) groups excluding carboxylic acids is 4. The Hall–Kier alpha value is -3.97. The molecule has 0 radical (unpaired) electrons. The Bertz CT molecular complexity index is 1400. The van der Waals surface area contributed by atoms with Crippen LogP contribution < -0.4 is 5.32 Å². The summed E-state index contributed by atoms with van der Waals surface area (Å²) >= 11 is 5.98. The van der Waals surface area contributed by atoms with E-state index in [-0.39, 0.29) is 30.1 Å². The second-order valence-electron chi connectivity index (χ2n) is 10.6. The van der Waals surface area contributed by atoms with Crippen LogP contribution in [0.5, 0.6) is 0 Å². The van der Waals surface area contributed by atoms with Gasteiger partial charge in [0, 0.05) is 22.5 Å². The molecule has 204 valence electrons. The van der Waals surface area contributed by atoms with Gasteiger partial charge in [-0.15, -0.1) is 0 Å². The zero-order chi connectivity index (χ0) is 28.0. The maximum Gasteiger partial charge on any atom is 0.329 e. The molecular weight excluding hydrogens is 528 g/mol. The molecular formula is C32H29ClN2O5. The molecule has 1 heterocycles. The van der Waals surface area contributed by atoms with Crippen molar-refractivity contribution in [3.05, 3.63) is 100 Å². The van der Waals surface area contributed by atoms with E-state index < -0.39 is 36.4 Å². The highest BCUT2D eigenvalue weighted by Crippen LogP contribution is 2.61. The molecule has 3 amide bonds. The molecule has 1 aliphatic heterocycles. The SMILES string of the molecule is CCCC[C@H](C(=O)OCC(=O)Nc1cccc(Cl)c1)N1C(=O)[C@H]2C3c4ccccc4C(c4ccccc43)[C@@H]2C1=O. The van der Waals surface area contributed by atoms with Crippen LogP contribution in [0.4, 0.5) is 5.69 Å². The third-order valence-electron chi connectivity index (χ3n) is 8.35. The summed E-state index contributed by atoms with van der Waals surface area (Å²) < 4.78 is 5.39. The highest BCUT2D eigenvalue weighted by molar-refractivity contribution is 6.30. The standard InChI is InChI=1S/C32H29ClN2O5/c1-2-3-15-24(32(39)40-17-25(36)34-19-10-8-9-18(33)16-19)35-30(37)28-26-20-11-4-5-12-21(20)27(29(28)31(35)38)23-14-7-6-13-22(23)26/h4-14,16,24,26-29H,2-3,15,17H2,1H3,(H,34,36)/t24-,26?,27?,28+,29+/m1/s1. The van der Waals surface area contributed by atoms with Gasteiger partial charge in [0.2, 0.25) is 11.8 Å². The summed E-state index contributed by atoms with van der Waals surface area (Å²) in [4.78, 5) is 55.2. The second kappa shape index (κ2) is 10.5. The smallest absolute Gasteiger partial charge is 0.329 e. The summed E-state index contributed by atoms with van der Waals surface area (Å²) in [6.45, 7) is 1.43. The zero-order valence-electron chi connectivity index (χ0n) is 22.0. The fraction of sp³-hybridized carbons (Fsp3) is 0.312. The molecule has 40 heavy (non-hydrogen) atoms. The van der Waals surface area contributed by atoms with Gasteiger partial charge < -0.3 is 10.1 Å². The van der Waals surface area contributed by atoms with Crippen LogP contribution in [-0.4, -0.2) is 41.2 Å². The number of rotatable bonds is 8. The van der Waals surface area contributed by atoms with Crippen molar-refractivity contribution < 1.29 is 23.9 Å². The number of nitrogens with one attached hydrogen (secondary N) is 1. The lowest BCUT2D eigenvalue weighted by Gasteiger charge is -2.45. The number of esters is 1. The van der Waals surface area contributed by atoms with Gasteiger partial charge in [-0.3, -0.25) is 19.3 Å². The van der Waals surface area contributed by atoms with Crippen molar-refractivity contribution in [2.24, 2.45) is 11.8 Å². The predicted molar refractivity (Wildman–Crippen MR) is 150 cm³/mol. The number of nitrogens with zero attached hydrogens (tertiary/aromatic N) is 1. The van der Waals surface area contributed by atoms with Crippen LogP contribution in [0.1, 0.15) is 60.3 Å². The van der Waals surface area contributed by atoms with Crippen LogP contribution in [0.3, 0.4) is 0 Å². The number of halogens is 1. The number of benzene rings is 3. The summed E-state index contributed by atoms with van der Waals surface area (Å²) in [7, 11) is 0. The van der Waals surface area contributed by atoms with Crippen molar-refractivity contribution in [2.45, 2.75) is 44.1 Å². The van der Waals surface area contributed by atoms with Gasteiger partial charge in [-0.25, -0.2) is 4.79 Å². The minimum Gasteiger partial charge on any atom is -0.454 e. The van der Waals surface area contributed by atoms with Gasteiger partial charge in [-0.05, 0) is 46.9 Å². The molecule has 3 atom stereocenters. The van der Waals surface area contributed by atoms with E-state index in [1.807, 2.05) is 55.5 Å². The number of imide groups is 1. The van der Waals surface area contributed by atoms with E-state index in [0.717, 1.165) is 33.6 Å². The minimum absolute atomic E-state index is 0.254. The van der Waals surface area contributed by atoms with Crippen LogP contribution in [0.15, 0.2) is 72.8 Å². The van der Waals surface area contributed by atoms with Gasteiger partial charge in [-0.2, -0.15) is 0 Å². The Balaban J connectivity index is 1.26. The molecule has 3 aromatic carbocycles. The summed E-state index contributed by atoms with van der Waals surface area (Å²) in [6, 6.07) is 21.6. The van der Waals surface area contributed by atoms with E-state index in [1.54, 1.807) is 24.3 Å². The van der Waals surface area contributed by atoms with E-state index in [2.05, 4.69) is 5.32 Å². The van der Waals surface area contributed by atoms with Crippen LogP contribution in [0, 0.1) is 11.8 Å². The molecule has 1 saturated heterocycles. The number of carbonyl (C=O) groups is 4. The second-order valence-corrected chi connectivity index (χ2v) is 11.1. The van der Waals surface area contributed by atoms with Gasteiger partial charge in [-0.1, -0.05) is 86.0 Å². The van der Waals surface area contributed by atoms with Gasteiger partial charge in [0.1, 0.15) is 6.04 Å². The number of hydrogen-bond acceptors (Lipinski definition) is 5. The van der Waals surface area contributed by atoms with E-state index in [1.165, 1.54) is 0 Å². The van der Waals surface area contributed by atoms with Gasteiger partial charge in [0.15, 0.2) is 6.61 Å². The molecule has 7 nitrogen and oxygen atoms in total. The Morgan fingerprint density at radius 2 is 1.43 bits per heavy atom. The summed E-state index contributed by atoms with van der Waals surface area (Å²) in [5.41, 5.74) is 4.75. The van der Waals surface area contributed by atoms with Crippen molar-refractivity contribution in [3.8, 4) is 0 Å². The number of unbranched alkanes of at least 4 members (excludes halogenated alkanes) is 1. The van der Waals surface area contributed by atoms with Crippen LogP contribution in [0.25, 0.3) is 0 Å². The number of anilines is 1. The van der Waals surface area contributed by atoms with E-state index in [0.29, 0.717) is 17.1 Å². The first-order valence-corrected chi connectivity index (χ1v) is 14.0. The molecule has 2 bridgehead atoms. The van der Waals surface area contributed by atoms with E-state index in [9.17, 15) is 19.2 Å².